The third-order valence-corrected chi connectivity index (χ3v) is 7.43. The second-order valence-electron chi connectivity index (χ2n) is 8.91. The lowest BCUT2D eigenvalue weighted by Crippen LogP contribution is -2.09. The molecule has 0 saturated heterocycles. The standard InChI is InChI=1S/C33H31NO6S/c1-35-27-16-11-22(9-10-23-20-29(36-2)32(38-4)30(21-23)37-3)19-28(27)40-18-17-39-25-14-12-24(13-15-25)33-34-26-7-5-6-8-31(26)41-33/h5-16,19-21H,17-18H2,1-4H3/b10-9-. The van der Waals surface area contributed by atoms with Gasteiger partial charge in [-0.2, -0.15) is 0 Å². The average molecular weight is 570 g/mol. The molecule has 1 heterocycles. The highest BCUT2D eigenvalue weighted by Gasteiger charge is 2.12. The fraction of sp³-hybridized carbons (Fsp3) is 0.182. The first-order valence-corrected chi connectivity index (χ1v) is 13.8. The SMILES string of the molecule is COc1ccc(/C=C\c2cc(OC)c(OC)c(OC)c2)cc1OCCOc1ccc(-c2nc3ccccc3s2)cc1. The second kappa shape index (κ2) is 13.1. The molecule has 0 aliphatic carbocycles. The maximum atomic E-state index is 6.02. The summed E-state index contributed by atoms with van der Waals surface area (Å²) >= 11 is 1.68. The van der Waals surface area contributed by atoms with Crippen LogP contribution in [0, 0.1) is 0 Å². The third-order valence-electron chi connectivity index (χ3n) is 6.35. The molecule has 0 aliphatic rings. The Bertz CT molecular complexity index is 1590. The highest BCUT2D eigenvalue weighted by molar-refractivity contribution is 7.21. The summed E-state index contributed by atoms with van der Waals surface area (Å²) in [7, 11) is 6.40. The summed E-state index contributed by atoms with van der Waals surface area (Å²) in [4.78, 5) is 4.72. The fourth-order valence-electron chi connectivity index (χ4n) is 4.30. The molecule has 0 radical (unpaired) electrons. The quantitative estimate of drug-likeness (QED) is 0.113. The van der Waals surface area contributed by atoms with E-state index in [1.807, 2.05) is 84.9 Å². The van der Waals surface area contributed by atoms with Crippen LogP contribution in [0.5, 0.6) is 34.5 Å². The largest absolute Gasteiger partial charge is 0.493 e. The van der Waals surface area contributed by atoms with Crippen molar-refractivity contribution >= 4 is 33.7 Å². The van der Waals surface area contributed by atoms with Gasteiger partial charge in [-0.15, -0.1) is 11.3 Å². The van der Waals surface area contributed by atoms with E-state index in [9.17, 15) is 0 Å². The normalized spacial score (nSPS) is 11.0. The summed E-state index contributed by atoms with van der Waals surface area (Å²) in [5.74, 6) is 3.80. The van der Waals surface area contributed by atoms with E-state index in [1.165, 1.54) is 4.70 Å². The summed E-state index contributed by atoms with van der Waals surface area (Å²) in [6.07, 6.45) is 3.95. The molecule has 4 aromatic carbocycles. The molecular weight excluding hydrogens is 538 g/mol. The van der Waals surface area contributed by atoms with Crippen molar-refractivity contribution in [2.24, 2.45) is 0 Å². The Morgan fingerprint density at radius 2 is 1.29 bits per heavy atom. The van der Waals surface area contributed by atoms with Crippen LogP contribution in [0.25, 0.3) is 32.9 Å². The molecule has 0 saturated carbocycles. The monoisotopic (exact) mass is 569 g/mol. The topological polar surface area (TPSA) is 68.3 Å². The van der Waals surface area contributed by atoms with Crippen LogP contribution in [0.1, 0.15) is 11.1 Å². The maximum Gasteiger partial charge on any atom is 0.203 e. The van der Waals surface area contributed by atoms with Gasteiger partial charge in [-0.25, -0.2) is 4.98 Å². The molecule has 0 fully saturated rings. The summed E-state index contributed by atoms with van der Waals surface area (Å²) in [6, 6.07) is 25.7. The van der Waals surface area contributed by atoms with Crippen molar-refractivity contribution in [3.63, 3.8) is 0 Å². The molecule has 0 aliphatic heterocycles. The van der Waals surface area contributed by atoms with E-state index in [1.54, 1.807) is 39.8 Å². The third kappa shape index (κ3) is 6.56. The van der Waals surface area contributed by atoms with Gasteiger partial charge in [0, 0.05) is 5.56 Å². The minimum absolute atomic E-state index is 0.357. The first kappa shape index (κ1) is 27.9. The van der Waals surface area contributed by atoms with Crippen LogP contribution in [0.4, 0.5) is 0 Å². The molecule has 1 aromatic heterocycles. The van der Waals surface area contributed by atoms with E-state index < -0.39 is 0 Å². The van der Waals surface area contributed by atoms with Gasteiger partial charge in [-0.3, -0.25) is 0 Å². The number of hydrogen-bond donors (Lipinski definition) is 0. The Balaban J connectivity index is 1.20. The Morgan fingerprint density at radius 3 is 1.98 bits per heavy atom. The van der Waals surface area contributed by atoms with Crippen molar-refractivity contribution in [2.45, 2.75) is 0 Å². The molecule has 0 amide bonds. The molecule has 0 bridgehead atoms. The van der Waals surface area contributed by atoms with Gasteiger partial charge in [0.1, 0.15) is 24.0 Å². The molecular formula is C33H31NO6S. The molecule has 8 heteroatoms. The zero-order valence-corrected chi connectivity index (χ0v) is 24.2. The van der Waals surface area contributed by atoms with Crippen LogP contribution in [-0.4, -0.2) is 46.6 Å². The van der Waals surface area contributed by atoms with Gasteiger partial charge in [-0.05, 0) is 71.8 Å². The molecule has 5 rings (SSSR count). The average Bonchev–Trinajstić information content (AvgIpc) is 3.46. The summed E-state index contributed by atoms with van der Waals surface area (Å²) in [5, 5.41) is 0.993. The zero-order chi connectivity index (χ0) is 28.6. The zero-order valence-electron chi connectivity index (χ0n) is 23.4. The van der Waals surface area contributed by atoms with E-state index in [-0.39, 0.29) is 0 Å². The van der Waals surface area contributed by atoms with Gasteiger partial charge in [0.2, 0.25) is 5.75 Å². The lowest BCUT2D eigenvalue weighted by molar-refractivity contribution is 0.211. The van der Waals surface area contributed by atoms with Gasteiger partial charge >= 0.3 is 0 Å². The fourth-order valence-corrected chi connectivity index (χ4v) is 5.27. The number of methoxy groups -OCH3 is 4. The molecule has 0 spiro atoms. The Kier molecular flexibility index (Phi) is 8.91. The van der Waals surface area contributed by atoms with Gasteiger partial charge in [-0.1, -0.05) is 30.4 Å². The Morgan fingerprint density at radius 1 is 0.634 bits per heavy atom. The Hall–Kier alpha value is -4.69. The lowest BCUT2D eigenvalue weighted by Gasteiger charge is -2.13. The van der Waals surface area contributed by atoms with Crippen molar-refractivity contribution in [3.8, 4) is 45.1 Å². The molecule has 0 N–H and O–H groups in total. The number of benzene rings is 4. The van der Waals surface area contributed by atoms with Gasteiger partial charge < -0.3 is 28.4 Å². The van der Waals surface area contributed by atoms with Gasteiger partial charge in [0.25, 0.3) is 0 Å². The number of aromatic nitrogens is 1. The minimum atomic E-state index is 0.357. The van der Waals surface area contributed by atoms with Gasteiger partial charge in [0.05, 0.1) is 38.7 Å². The van der Waals surface area contributed by atoms with Crippen molar-refractivity contribution in [1.82, 2.24) is 4.98 Å². The van der Waals surface area contributed by atoms with Crippen molar-refractivity contribution in [3.05, 3.63) is 90.0 Å². The van der Waals surface area contributed by atoms with Crippen LogP contribution in [0.2, 0.25) is 0 Å². The predicted molar refractivity (Wildman–Crippen MR) is 164 cm³/mol. The van der Waals surface area contributed by atoms with Crippen LogP contribution in [0.3, 0.4) is 0 Å². The highest BCUT2D eigenvalue weighted by Crippen LogP contribution is 2.39. The van der Waals surface area contributed by atoms with E-state index in [2.05, 4.69) is 6.07 Å². The number of fused-ring (bicyclic) bond motifs is 1. The second-order valence-corrected chi connectivity index (χ2v) is 9.94. The highest BCUT2D eigenvalue weighted by atomic mass is 32.1. The van der Waals surface area contributed by atoms with Crippen LogP contribution >= 0.6 is 11.3 Å². The Labute approximate surface area is 243 Å². The first-order valence-electron chi connectivity index (χ1n) is 13.0. The number of nitrogens with zero attached hydrogens (tertiary/aromatic N) is 1. The molecule has 210 valence electrons. The number of thiazole rings is 1. The maximum absolute atomic E-state index is 6.02. The first-order chi connectivity index (χ1) is 20.1. The molecule has 5 aromatic rings. The summed E-state index contributed by atoms with van der Waals surface area (Å²) in [5.41, 5.74) is 3.93. The molecule has 7 nitrogen and oxygen atoms in total. The summed E-state index contributed by atoms with van der Waals surface area (Å²) in [6.45, 7) is 0.741. The van der Waals surface area contributed by atoms with Crippen molar-refractivity contribution < 1.29 is 28.4 Å². The van der Waals surface area contributed by atoms with E-state index in [0.717, 1.165) is 33.0 Å². The van der Waals surface area contributed by atoms with Crippen molar-refractivity contribution in [1.29, 1.82) is 0 Å². The van der Waals surface area contributed by atoms with Crippen LogP contribution in [0.15, 0.2) is 78.9 Å². The van der Waals surface area contributed by atoms with E-state index in [0.29, 0.717) is 42.0 Å². The number of rotatable bonds is 12. The molecule has 41 heavy (non-hydrogen) atoms. The minimum Gasteiger partial charge on any atom is -0.493 e. The number of para-hydroxylation sites is 1. The van der Waals surface area contributed by atoms with Gasteiger partial charge in [0.15, 0.2) is 23.0 Å². The number of ether oxygens (including phenoxy) is 6. The molecule has 0 unspecified atom stereocenters. The molecule has 0 atom stereocenters. The smallest absolute Gasteiger partial charge is 0.203 e. The van der Waals surface area contributed by atoms with Crippen molar-refractivity contribution in [2.75, 3.05) is 41.7 Å². The van der Waals surface area contributed by atoms with Crippen LogP contribution in [-0.2, 0) is 0 Å². The summed E-state index contributed by atoms with van der Waals surface area (Å²) < 4.78 is 34.9. The number of hydrogen-bond acceptors (Lipinski definition) is 8. The van der Waals surface area contributed by atoms with E-state index in [4.69, 9.17) is 33.4 Å². The predicted octanol–water partition coefficient (Wildman–Crippen LogP) is 7.63. The van der Waals surface area contributed by atoms with Crippen LogP contribution < -0.4 is 28.4 Å². The lowest BCUT2D eigenvalue weighted by atomic mass is 10.1. The van der Waals surface area contributed by atoms with E-state index >= 15 is 0 Å².